The van der Waals surface area contributed by atoms with Crippen LogP contribution >= 0.6 is 12.2 Å². The molecule has 0 unspecified atom stereocenters. The summed E-state index contributed by atoms with van der Waals surface area (Å²) in [5.74, 6) is -0.0398. The Kier molecular flexibility index (Phi) is 7.29. The summed E-state index contributed by atoms with van der Waals surface area (Å²) in [5.41, 5.74) is 1.94. The van der Waals surface area contributed by atoms with Crippen LogP contribution in [0.3, 0.4) is 0 Å². The van der Waals surface area contributed by atoms with Crippen LogP contribution in [0.2, 0.25) is 0 Å². The second-order valence-electron chi connectivity index (χ2n) is 5.85. The van der Waals surface area contributed by atoms with Crippen LogP contribution < -0.4 is 16.0 Å². The zero-order chi connectivity index (χ0) is 16.5. The van der Waals surface area contributed by atoms with Crippen molar-refractivity contribution in [2.24, 2.45) is 0 Å². The zero-order valence-corrected chi connectivity index (χ0v) is 14.5. The predicted molar refractivity (Wildman–Crippen MR) is 98.5 cm³/mol. The van der Waals surface area contributed by atoms with Gasteiger partial charge in [0.25, 0.3) is 0 Å². The fraction of sp³-hybridized carbons (Fsp3) is 0.529. The Bertz CT molecular complexity index is 529. The van der Waals surface area contributed by atoms with Gasteiger partial charge in [-0.05, 0) is 49.8 Å². The summed E-state index contributed by atoms with van der Waals surface area (Å²) in [7, 11) is 0. The summed E-state index contributed by atoms with van der Waals surface area (Å²) in [6.45, 7) is 6.27. The number of para-hydroxylation sites is 1. The zero-order valence-electron chi connectivity index (χ0n) is 13.7. The molecule has 1 heterocycles. The first-order chi connectivity index (χ1) is 11.1. The summed E-state index contributed by atoms with van der Waals surface area (Å²) in [6.07, 6.45) is 3.97. The van der Waals surface area contributed by atoms with Crippen molar-refractivity contribution < 1.29 is 4.79 Å². The summed E-state index contributed by atoms with van der Waals surface area (Å²) in [5, 5.41) is 9.92. The number of thiocarbonyl (C=S) groups is 1. The van der Waals surface area contributed by atoms with E-state index in [4.69, 9.17) is 12.2 Å². The molecule has 126 valence electrons. The van der Waals surface area contributed by atoms with E-state index in [9.17, 15) is 4.79 Å². The van der Waals surface area contributed by atoms with Crippen molar-refractivity contribution in [1.82, 2.24) is 15.5 Å². The molecule has 1 fully saturated rings. The van der Waals surface area contributed by atoms with Gasteiger partial charge in [0.1, 0.15) is 0 Å². The molecule has 1 aromatic rings. The number of nitrogens with zero attached hydrogens (tertiary/aromatic N) is 1. The average molecular weight is 334 g/mol. The van der Waals surface area contributed by atoms with Gasteiger partial charge < -0.3 is 20.9 Å². The van der Waals surface area contributed by atoms with Gasteiger partial charge in [0.15, 0.2) is 5.11 Å². The van der Waals surface area contributed by atoms with E-state index in [1.807, 2.05) is 24.3 Å². The molecule has 0 atom stereocenters. The Labute approximate surface area is 143 Å². The first-order valence-electron chi connectivity index (χ1n) is 8.24. The van der Waals surface area contributed by atoms with Crippen LogP contribution in [0.15, 0.2) is 24.3 Å². The lowest BCUT2D eigenvalue weighted by Gasteiger charge is -2.26. The molecule has 5 nitrogen and oxygen atoms in total. The smallest absolute Gasteiger partial charge is 0.217 e. The summed E-state index contributed by atoms with van der Waals surface area (Å²) in [4.78, 5) is 13.5. The van der Waals surface area contributed by atoms with Gasteiger partial charge in [-0.25, -0.2) is 0 Å². The monoisotopic (exact) mass is 334 g/mol. The van der Waals surface area contributed by atoms with E-state index in [2.05, 4.69) is 20.9 Å². The van der Waals surface area contributed by atoms with Gasteiger partial charge in [-0.3, -0.25) is 4.79 Å². The third-order valence-corrected chi connectivity index (χ3v) is 4.20. The van der Waals surface area contributed by atoms with Gasteiger partial charge in [-0.2, -0.15) is 0 Å². The van der Waals surface area contributed by atoms with Gasteiger partial charge in [0.2, 0.25) is 5.91 Å². The molecule has 0 aromatic heterocycles. The quantitative estimate of drug-likeness (QED) is 0.696. The minimum Gasteiger partial charge on any atom is -0.361 e. The Morgan fingerprint density at radius 1 is 1.17 bits per heavy atom. The van der Waals surface area contributed by atoms with E-state index < -0.39 is 0 Å². The highest BCUT2D eigenvalue weighted by Gasteiger charge is 2.09. The molecule has 1 amide bonds. The Morgan fingerprint density at radius 3 is 2.65 bits per heavy atom. The molecule has 1 saturated heterocycles. The van der Waals surface area contributed by atoms with Crippen LogP contribution in [0, 0.1) is 0 Å². The van der Waals surface area contributed by atoms with Crippen molar-refractivity contribution >= 4 is 28.9 Å². The first-order valence-corrected chi connectivity index (χ1v) is 8.65. The van der Waals surface area contributed by atoms with Crippen LogP contribution in [-0.2, 0) is 11.3 Å². The van der Waals surface area contributed by atoms with Crippen LogP contribution in [0.1, 0.15) is 31.7 Å². The predicted octanol–water partition coefficient (Wildman–Crippen LogP) is 2.09. The van der Waals surface area contributed by atoms with E-state index in [1.165, 1.54) is 39.3 Å². The number of hydrogen-bond acceptors (Lipinski definition) is 3. The lowest BCUT2D eigenvalue weighted by molar-refractivity contribution is -0.119. The highest BCUT2D eigenvalue weighted by atomic mass is 32.1. The summed E-state index contributed by atoms with van der Waals surface area (Å²) in [6, 6.07) is 7.86. The van der Waals surface area contributed by atoms with Gasteiger partial charge >= 0.3 is 0 Å². The van der Waals surface area contributed by atoms with E-state index in [1.54, 1.807) is 0 Å². The van der Waals surface area contributed by atoms with Crippen LogP contribution in [0.25, 0.3) is 0 Å². The molecular weight excluding hydrogens is 308 g/mol. The lowest BCUT2D eigenvalue weighted by Crippen LogP contribution is -2.39. The number of carbonyl (C=O) groups is 1. The number of benzene rings is 1. The van der Waals surface area contributed by atoms with Gasteiger partial charge in [-0.15, -0.1) is 0 Å². The molecule has 0 bridgehead atoms. The molecule has 0 spiro atoms. The van der Waals surface area contributed by atoms with Crippen molar-refractivity contribution in [2.45, 2.75) is 32.7 Å². The summed E-state index contributed by atoms with van der Waals surface area (Å²) >= 11 is 5.37. The van der Waals surface area contributed by atoms with E-state index in [-0.39, 0.29) is 5.91 Å². The topological polar surface area (TPSA) is 56.4 Å². The molecule has 0 aliphatic carbocycles. The van der Waals surface area contributed by atoms with Crippen LogP contribution in [0.5, 0.6) is 0 Å². The maximum atomic E-state index is 11.1. The maximum absolute atomic E-state index is 11.1. The Morgan fingerprint density at radius 2 is 1.91 bits per heavy atom. The number of piperidine rings is 1. The first kappa shape index (κ1) is 17.7. The minimum absolute atomic E-state index is 0.0398. The molecule has 3 N–H and O–H groups in total. The van der Waals surface area contributed by atoms with Gasteiger partial charge in [0.05, 0.1) is 0 Å². The molecular formula is C17H26N4OS. The van der Waals surface area contributed by atoms with E-state index >= 15 is 0 Å². The fourth-order valence-corrected chi connectivity index (χ4v) is 2.91. The highest BCUT2D eigenvalue weighted by molar-refractivity contribution is 7.80. The second kappa shape index (κ2) is 9.47. The lowest BCUT2D eigenvalue weighted by atomic mass is 10.1. The van der Waals surface area contributed by atoms with Crippen molar-refractivity contribution in [2.75, 3.05) is 31.5 Å². The van der Waals surface area contributed by atoms with Crippen LogP contribution in [0.4, 0.5) is 5.69 Å². The van der Waals surface area contributed by atoms with Gasteiger partial charge in [0, 0.05) is 32.2 Å². The number of nitrogens with one attached hydrogen (secondary N) is 3. The Hall–Kier alpha value is -1.66. The molecule has 0 radical (unpaired) electrons. The molecule has 23 heavy (non-hydrogen) atoms. The average Bonchev–Trinajstić information content (AvgIpc) is 2.55. The molecule has 1 aliphatic rings. The van der Waals surface area contributed by atoms with Crippen molar-refractivity contribution in [3.05, 3.63) is 29.8 Å². The SMILES string of the molecule is CC(=O)NCc1ccccc1NC(=S)NCCN1CCCCC1. The van der Waals surface area contributed by atoms with E-state index in [0.29, 0.717) is 11.7 Å². The number of amides is 1. The summed E-state index contributed by atoms with van der Waals surface area (Å²) < 4.78 is 0. The largest absolute Gasteiger partial charge is 0.361 e. The fourth-order valence-electron chi connectivity index (χ4n) is 2.69. The Balaban J connectivity index is 1.76. The van der Waals surface area contributed by atoms with E-state index in [0.717, 1.165) is 24.3 Å². The van der Waals surface area contributed by atoms with Crippen molar-refractivity contribution in [3.63, 3.8) is 0 Å². The number of likely N-dealkylation sites (tertiary alicyclic amines) is 1. The number of rotatable bonds is 6. The van der Waals surface area contributed by atoms with Gasteiger partial charge in [-0.1, -0.05) is 24.6 Å². The number of carbonyl (C=O) groups excluding carboxylic acids is 1. The molecule has 1 aromatic carbocycles. The van der Waals surface area contributed by atoms with Crippen molar-refractivity contribution in [3.8, 4) is 0 Å². The number of hydrogen-bond donors (Lipinski definition) is 3. The molecule has 2 rings (SSSR count). The highest BCUT2D eigenvalue weighted by Crippen LogP contribution is 2.14. The minimum atomic E-state index is -0.0398. The molecule has 6 heteroatoms. The van der Waals surface area contributed by atoms with Crippen LogP contribution in [-0.4, -0.2) is 42.1 Å². The standard InChI is InChI=1S/C17H26N4OS/c1-14(22)19-13-15-7-3-4-8-16(15)20-17(23)18-9-12-21-10-5-2-6-11-21/h3-4,7-8H,2,5-6,9-13H2,1H3,(H,19,22)(H2,18,20,23). The molecule has 1 aliphatic heterocycles. The van der Waals surface area contributed by atoms with Crippen molar-refractivity contribution in [1.29, 1.82) is 0 Å². The number of anilines is 1. The second-order valence-corrected chi connectivity index (χ2v) is 6.26. The third-order valence-electron chi connectivity index (χ3n) is 3.96. The third kappa shape index (κ3) is 6.54. The molecule has 0 saturated carbocycles. The maximum Gasteiger partial charge on any atom is 0.217 e. The normalized spacial score (nSPS) is 15.0.